The van der Waals surface area contributed by atoms with E-state index >= 15 is 0 Å². The first kappa shape index (κ1) is 17.6. The summed E-state index contributed by atoms with van der Waals surface area (Å²) in [7, 11) is 0. The number of nitrogen functional groups attached to an aromatic ring is 1. The Morgan fingerprint density at radius 2 is 1.65 bits per heavy atom. The molecule has 4 N–H and O–H groups in total. The number of nitrogens with zero attached hydrogens (tertiary/aromatic N) is 1. The van der Waals surface area contributed by atoms with Gasteiger partial charge in [0.25, 0.3) is 5.91 Å². The van der Waals surface area contributed by atoms with Crippen molar-refractivity contribution in [2.24, 2.45) is 5.73 Å². The number of amidine groups is 1. The summed E-state index contributed by atoms with van der Waals surface area (Å²) in [6.07, 6.45) is 2.19. The van der Waals surface area contributed by atoms with Gasteiger partial charge in [0.05, 0.1) is 6.54 Å². The summed E-state index contributed by atoms with van der Waals surface area (Å²) in [6.45, 7) is 2.23. The van der Waals surface area contributed by atoms with Crippen LogP contribution in [-0.4, -0.2) is 36.3 Å². The normalized spacial score (nSPS) is 13.0. The highest BCUT2D eigenvalue weighted by Crippen LogP contribution is 2.13. The van der Waals surface area contributed by atoms with E-state index < -0.39 is 0 Å². The van der Waals surface area contributed by atoms with Gasteiger partial charge in [-0.25, -0.2) is 0 Å². The SMILES string of the molecule is N=C(N)c1ccc(NCC#Cc2ccc(C(=O)N3CCCC3)cc2)cc1. The number of rotatable bonds is 4. The Bertz CT molecular complexity index is 838. The number of benzene rings is 2. The number of nitrogens with one attached hydrogen (secondary N) is 2. The molecule has 0 atom stereocenters. The molecule has 2 aromatic rings. The van der Waals surface area contributed by atoms with Gasteiger partial charge in [-0.3, -0.25) is 10.2 Å². The van der Waals surface area contributed by atoms with Crippen LogP contribution in [0.25, 0.3) is 0 Å². The zero-order valence-electron chi connectivity index (χ0n) is 14.6. The molecule has 1 saturated heterocycles. The van der Waals surface area contributed by atoms with Gasteiger partial charge < -0.3 is 16.0 Å². The fraction of sp³-hybridized carbons (Fsp3) is 0.238. The first-order valence-electron chi connectivity index (χ1n) is 8.70. The topological polar surface area (TPSA) is 82.2 Å². The summed E-state index contributed by atoms with van der Waals surface area (Å²) in [5.74, 6) is 6.32. The first-order chi connectivity index (χ1) is 12.6. The van der Waals surface area contributed by atoms with Crippen LogP contribution in [0.15, 0.2) is 48.5 Å². The van der Waals surface area contributed by atoms with Crippen LogP contribution in [0.2, 0.25) is 0 Å². The van der Waals surface area contributed by atoms with Gasteiger partial charge in [0.15, 0.2) is 0 Å². The minimum Gasteiger partial charge on any atom is -0.384 e. The van der Waals surface area contributed by atoms with E-state index in [1.165, 1.54) is 0 Å². The summed E-state index contributed by atoms with van der Waals surface area (Å²) in [4.78, 5) is 14.2. The molecule has 0 radical (unpaired) electrons. The van der Waals surface area contributed by atoms with Crippen molar-refractivity contribution in [3.63, 3.8) is 0 Å². The van der Waals surface area contributed by atoms with Crippen LogP contribution in [0.3, 0.4) is 0 Å². The van der Waals surface area contributed by atoms with Crippen molar-refractivity contribution < 1.29 is 4.79 Å². The fourth-order valence-corrected chi connectivity index (χ4v) is 2.86. The maximum absolute atomic E-state index is 12.3. The second kappa shape index (κ2) is 8.21. The Hall–Kier alpha value is -3.26. The van der Waals surface area contributed by atoms with E-state index in [2.05, 4.69) is 17.2 Å². The van der Waals surface area contributed by atoms with Gasteiger partial charge in [0.2, 0.25) is 0 Å². The highest BCUT2D eigenvalue weighted by atomic mass is 16.2. The Kier molecular flexibility index (Phi) is 5.55. The van der Waals surface area contributed by atoms with Crippen LogP contribution in [-0.2, 0) is 0 Å². The lowest BCUT2D eigenvalue weighted by Gasteiger charge is -2.14. The fourth-order valence-electron chi connectivity index (χ4n) is 2.86. The standard InChI is InChI=1S/C21H22N4O/c22-20(23)17-9-11-19(12-10-17)24-13-3-4-16-5-7-18(8-6-16)21(26)25-14-1-2-15-25/h5-12,24H,1-2,13-15H2,(H3,22,23). The van der Waals surface area contributed by atoms with Gasteiger partial charge in [0.1, 0.15) is 5.84 Å². The van der Waals surface area contributed by atoms with Crippen molar-refractivity contribution in [3.8, 4) is 11.8 Å². The minimum absolute atomic E-state index is 0.0583. The highest BCUT2D eigenvalue weighted by Gasteiger charge is 2.18. The molecule has 1 aliphatic rings. The average Bonchev–Trinajstić information content (AvgIpc) is 3.20. The molecule has 0 aromatic heterocycles. The van der Waals surface area contributed by atoms with E-state index in [0.29, 0.717) is 12.1 Å². The van der Waals surface area contributed by atoms with E-state index in [9.17, 15) is 4.79 Å². The van der Waals surface area contributed by atoms with E-state index in [4.69, 9.17) is 11.1 Å². The molecule has 0 aliphatic carbocycles. The number of nitrogens with two attached hydrogens (primary N) is 1. The molecule has 0 spiro atoms. The van der Waals surface area contributed by atoms with Crippen molar-refractivity contribution in [3.05, 3.63) is 65.2 Å². The summed E-state index contributed by atoms with van der Waals surface area (Å²) in [5.41, 5.74) is 8.67. The minimum atomic E-state index is 0.0583. The molecule has 132 valence electrons. The number of likely N-dealkylation sites (tertiary alicyclic amines) is 1. The van der Waals surface area contributed by atoms with Gasteiger partial charge >= 0.3 is 0 Å². The van der Waals surface area contributed by atoms with Crippen molar-refractivity contribution in [1.29, 1.82) is 5.41 Å². The monoisotopic (exact) mass is 346 g/mol. The summed E-state index contributed by atoms with van der Waals surface area (Å²) in [6, 6.07) is 14.8. The van der Waals surface area contributed by atoms with Crippen LogP contribution in [0.4, 0.5) is 5.69 Å². The van der Waals surface area contributed by atoms with Crippen LogP contribution < -0.4 is 11.1 Å². The van der Waals surface area contributed by atoms with Crippen LogP contribution in [0.1, 0.15) is 34.3 Å². The quantitative estimate of drug-likeness (QED) is 0.452. The Morgan fingerprint density at radius 1 is 1.04 bits per heavy atom. The Labute approximate surface area is 153 Å². The molecular weight excluding hydrogens is 324 g/mol. The lowest BCUT2D eigenvalue weighted by Crippen LogP contribution is -2.27. The van der Waals surface area contributed by atoms with E-state index in [-0.39, 0.29) is 11.7 Å². The van der Waals surface area contributed by atoms with E-state index in [1.807, 2.05) is 41.3 Å². The lowest BCUT2D eigenvalue weighted by atomic mass is 10.1. The largest absolute Gasteiger partial charge is 0.384 e. The molecule has 5 nitrogen and oxygen atoms in total. The molecule has 1 aliphatic heterocycles. The number of hydrogen-bond acceptors (Lipinski definition) is 3. The summed E-state index contributed by atoms with van der Waals surface area (Å²) < 4.78 is 0. The number of carbonyl (C=O) groups is 1. The second-order valence-electron chi connectivity index (χ2n) is 6.22. The predicted molar refractivity (Wildman–Crippen MR) is 104 cm³/mol. The predicted octanol–water partition coefficient (Wildman–Crippen LogP) is 2.67. The van der Waals surface area contributed by atoms with Crippen molar-refractivity contribution in [2.75, 3.05) is 25.0 Å². The molecule has 1 fully saturated rings. The smallest absolute Gasteiger partial charge is 0.253 e. The van der Waals surface area contributed by atoms with E-state index in [1.54, 1.807) is 12.1 Å². The van der Waals surface area contributed by atoms with Crippen molar-refractivity contribution >= 4 is 17.4 Å². The van der Waals surface area contributed by atoms with E-state index in [0.717, 1.165) is 42.7 Å². The molecule has 0 bridgehead atoms. The number of carbonyl (C=O) groups excluding carboxylic acids is 1. The molecule has 26 heavy (non-hydrogen) atoms. The third-order valence-corrected chi connectivity index (χ3v) is 4.33. The van der Waals surface area contributed by atoms with Crippen LogP contribution in [0, 0.1) is 17.3 Å². The van der Waals surface area contributed by atoms with Crippen LogP contribution >= 0.6 is 0 Å². The Balaban J connectivity index is 1.53. The van der Waals surface area contributed by atoms with Crippen molar-refractivity contribution in [1.82, 2.24) is 4.90 Å². The number of anilines is 1. The second-order valence-corrected chi connectivity index (χ2v) is 6.22. The molecule has 2 aromatic carbocycles. The van der Waals surface area contributed by atoms with Gasteiger partial charge in [-0.15, -0.1) is 0 Å². The van der Waals surface area contributed by atoms with Crippen molar-refractivity contribution in [2.45, 2.75) is 12.8 Å². The molecule has 3 rings (SSSR count). The molecule has 1 amide bonds. The summed E-state index contributed by atoms with van der Waals surface area (Å²) >= 11 is 0. The number of hydrogen-bond donors (Lipinski definition) is 3. The summed E-state index contributed by atoms with van der Waals surface area (Å²) in [5, 5.41) is 10.6. The first-order valence-corrected chi connectivity index (χ1v) is 8.70. The zero-order valence-corrected chi connectivity index (χ0v) is 14.6. The molecular formula is C21H22N4O. The molecule has 1 heterocycles. The van der Waals surface area contributed by atoms with Gasteiger partial charge in [0, 0.05) is 35.5 Å². The van der Waals surface area contributed by atoms with Crippen LogP contribution in [0.5, 0.6) is 0 Å². The molecule has 5 heteroatoms. The Morgan fingerprint density at radius 3 is 2.27 bits per heavy atom. The average molecular weight is 346 g/mol. The van der Waals surface area contributed by atoms with Gasteiger partial charge in [-0.1, -0.05) is 11.8 Å². The number of amides is 1. The maximum Gasteiger partial charge on any atom is 0.253 e. The van der Waals surface area contributed by atoms with Gasteiger partial charge in [-0.2, -0.15) is 0 Å². The third kappa shape index (κ3) is 4.42. The maximum atomic E-state index is 12.3. The highest BCUT2D eigenvalue weighted by molar-refractivity contribution is 5.95. The molecule has 0 unspecified atom stereocenters. The third-order valence-electron chi connectivity index (χ3n) is 4.33. The molecule has 0 saturated carbocycles. The lowest BCUT2D eigenvalue weighted by molar-refractivity contribution is 0.0793. The zero-order chi connectivity index (χ0) is 18.4. The van der Waals surface area contributed by atoms with Gasteiger partial charge in [-0.05, 0) is 61.4 Å².